The van der Waals surface area contributed by atoms with Crippen LogP contribution >= 0.6 is 0 Å². The third kappa shape index (κ3) is 10.5. The third-order valence-corrected chi connectivity index (χ3v) is 8.64. The molecule has 0 unspecified atom stereocenters. The van der Waals surface area contributed by atoms with Crippen LogP contribution in [0.15, 0.2) is 95.2 Å². The highest BCUT2D eigenvalue weighted by molar-refractivity contribution is 6.05. The van der Waals surface area contributed by atoms with Gasteiger partial charge >= 0.3 is 6.18 Å². The number of carbonyl (C=O) groups excluding carboxylic acids is 1. The van der Waals surface area contributed by atoms with Gasteiger partial charge in [-0.1, -0.05) is 127 Å². The molecule has 4 nitrogen and oxygen atoms in total. The van der Waals surface area contributed by atoms with Crippen molar-refractivity contribution in [2.24, 2.45) is 10.2 Å². The Kier molecular flexibility index (Phi) is 14.0. The zero-order valence-corrected chi connectivity index (χ0v) is 27.9. The van der Waals surface area contributed by atoms with Crippen molar-refractivity contribution in [2.45, 2.75) is 97.1 Å². The van der Waals surface area contributed by atoms with Gasteiger partial charge in [0.2, 0.25) is 0 Å². The molecular formula is C40H48F3N3O. The maximum absolute atomic E-state index is 12.9. The molecule has 4 rings (SSSR count). The van der Waals surface area contributed by atoms with E-state index >= 15 is 0 Å². The zero-order chi connectivity index (χ0) is 33.5. The number of ketones is 1. The van der Waals surface area contributed by atoms with E-state index in [0.29, 0.717) is 11.4 Å². The van der Waals surface area contributed by atoms with Gasteiger partial charge in [0.05, 0.1) is 11.4 Å². The third-order valence-electron chi connectivity index (χ3n) is 8.64. The molecule has 0 aromatic heterocycles. The molecule has 0 atom stereocenters. The molecule has 0 aliphatic carbocycles. The average molecular weight is 644 g/mol. The van der Waals surface area contributed by atoms with Crippen LogP contribution in [0.5, 0.6) is 0 Å². The fourth-order valence-corrected chi connectivity index (χ4v) is 6.05. The van der Waals surface area contributed by atoms with Crippen LogP contribution in [0, 0.1) is 0 Å². The molecule has 0 N–H and O–H groups in total. The molecule has 0 spiro atoms. The molecule has 0 amide bonds. The summed E-state index contributed by atoms with van der Waals surface area (Å²) in [4.78, 5) is 14.2. The van der Waals surface area contributed by atoms with E-state index in [2.05, 4.69) is 71.4 Å². The molecule has 4 aromatic rings. The topological polar surface area (TPSA) is 45.0 Å². The lowest BCUT2D eigenvalue weighted by Gasteiger charge is -2.29. The summed E-state index contributed by atoms with van der Waals surface area (Å²) < 4.78 is 38.6. The van der Waals surface area contributed by atoms with E-state index in [4.69, 9.17) is 0 Å². The van der Waals surface area contributed by atoms with Crippen LogP contribution in [0.25, 0.3) is 21.9 Å². The Balaban J connectivity index is 1.68. The van der Waals surface area contributed by atoms with Crippen molar-refractivity contribution in [3.05, 3.63) is 90.5 Å². The molecule has 4 aromatic carbocycles. The van der Waals surface area contributed by atoms with Gasteiger partial charge in [0.1, 0.15) is 0 Å². The van der Waals surface area contributed by atoms with E-state index in [0.717, 1.165) is 60.0 Å². The van der Waals surface area contributed by atoms with E-state index in [-0.39, 0.29) is 0 Å². The largest absolute Gasteiger partial charge is 0.454 e. The number of fused-ring (bicyclic) bond motifs is 1. The van der Waals surface area contributed by atoms with E-state index in [1.165, 1.54) is 82.0 Å². The highest BCUT2D eigenvalue weighted by Crippen LogP contribution is 2.42. The van der Waals surface area contributed by atoms with Crippen molar-refractivity contribution < 1.29 is 18.0 Å². The van der Waals surface area contributed by atoms with Crippen LogP contribution in [0.3, 0.4) is 0 Å². The monoisotopic (exact) mass is 643 g/mol. The molecule has 0 heterocycles. The molecule has 47 heavy (non-hydrogen) atoms. The van der Waals surface area contributed by atoms with E-state index in [1.807, 2.05) is 18.2 Å². The second-order valence-electron chi connectivity index (χ2n) is 12.3. The fourth-order valence-electron chi connectivity index (χ4n) is 6.05. The number of hydrogen-bond acceptors (Lipinski definition) is 4. The molecule has 7 heteroatoms. The standard InChI is InChI=1S/C40H48F3N3O/c1-3-5-7-9-11-17-29-46(30-18-12-10-8-6-4-2)37-28-25-31-19-13-14-20-34(31)38(37)35-21-15-16-22-36(35)45-44-33-26-23-32(24-27-33)39(47)40(41,42)43/h13-16,19-28H,3-12,17-18,29-30H2,1-2H3. The molecule has 0 fully saturated rings. The number of halogens is 3. The Morgan fingerprint density at radius 3 is 1.85 bits per heavy atom. The average Bonchev–Trinajstić information content (AvgIpc) is 3.08. The number of benzene rings is 4. The summed E-state index contributed by atoms with van der Waals surface area (Å²) in [6.07, 6.45) is 9.95. The van der Waals surface area contributed by atoms with Crippen molar-refractivity contribution >= 4 is 33.6 Å². The van der Waals surface area contributed by atoms with Gasteiger partial charge in [0, 0.05) is 35.5 Å². The molecule has 0 radical (unpaired) electrons. The number of azo groups is 1. The summed E-state index contributed by atoms with van der Waals surface area (Å²) in [7, 11) is 0. The van der Waals surface area contributed by atoms with Gasteiger partial charge in [-0.3, -0.25) is 4.79 Å². The lowest BCUT2D eigenvalue weighted by atomic mass is 9.94. The summed E-state index contributed by atoms with van der Waals surface area (Å²) in [5.41, 5.74) is 3.85. The smallest absolute Gasteiger partial charge is 0.371 e. The Morgan fingerprint density at radius 1 is 0.638 bits per heavy atom. The predicted octanol–water partition coefficient (Wildman–Crippen LogP) is 13.2. The summed E-state index contributed by atoms with van der Waals surface area (Å²) in [6.45, 7) is 6.47. The first-order valence-corrected chi connectivity index (χ1v) is 17.3. The summed E-state index contributed by atoms with van der Waals surface area (Å²) >= 11 is 0. The Bertz CT molecular complexity index is 1560. The molecule has 0 saturated heterocycles. The number of unbranched alkanes of at least 4 members (excludes halogenated alkanes) is 10. The first-order chi connectivity index (χ1) is 22.8. The highest BCUT2D eigenvalue weighted by Gasteiger charge is 2.39. The molecule has 0 bridgehead atoms. The maximum Gasteiger partial charge on any atom is 0.454 e. The molecule has 0 aliphatic heterocycles. The van der Waals surface area contributed by atoms with Crippen molar-refractivity contribution in [3.63, 3.8) is 0 Å². The van der Waals surface area contributed by atoms with Gasteiger partial charge in [0.15, 0.2) is 0 Å². The summed E-state index contributed by atoms with van der Waals surface area (Å²) in [5, 5.41) is 11.2. The molecule has 0 aliphatic rings. The first kappa shape index (κ1) is 35.8. The van der Waals surface area contributed by atoms with Crippen LogP contribution in [-0.2, 0) is 0 Å². The molecule has 0 saturated carbocycles. The zero-order valence-electron chi connectivity index (χ0n) is 27.9. The van der Waals surface area contributed by atoms with Crippen LogP contribution in [-0.4, -0.2) is 25.0 Å². The minimum absolute atomic E-state index is 0.365. The Morgan fingerprint density at radius 2 is 1.21 bits per heavy atom. The number of rotatable bonds is 19. The number of alkyl halides is 3. The molecular weight excluding hydrogens is 595 g/mol. The minimum atomic E-state index is -4.92. The number of Topliss-reactive ketones (excluding diaryl/α,β-unsaturated/α-hetero) is 1. The first-order valence-electron chi connectivity index (χ1n) is 17.3. The lowest BCUT2D eigenvalue weighted by molar-refractivity contribution is -0.0885. The minimum Gasteiger partial charge on any atom is -0.371 e. The van der Waals surface area contributed by atoms with Gasteiger partial charge in [-0.2, -0.15) is 18.3 Å². The van der Waals surface area contributed by atoms with Crippen molar-refractivity contribution in [3.8, 4) is 11.1 Å². The SMILES string of the molecule is CCCCCCCCN(CCCCCCCC)c1ccc2ccccc2c1-c1ccccc1N=Nc1ccc(C(=O)C(F)(F)F)cc1. The van der Waals surface area contributed by atoms with Gasteiger partial charge in [-0.15, -0.1) is 5.11 Å². The van der Waals surface area contributed by atoms with Crippen LogP contribution in [0.2, 0.25) is 0 Å². The van der Waals surface area contributed by atoms with Crippen molar-refractivity contribution in [1.29, 1.82) is 0 Å². The van der Waals surface area contributed by atoms with Crippen molar-refractivity contribution in [2.75, 3.05) is 18.0 Å². The van der Waals surface area contributed by atoms with Gasteiger partial charge in [0.25, 0.3) is 5.78 Å². The highest BCUT2D eigenvalue weighted by atomic mass is 19.4. The Labute approximate surface area is 278 Å². The fraction of sp³-hybridized carbons (Fsp3) is 0.425. The quantitative estimate of drug-likeness (QED) is 0.0580. The normalized spacial score (nSPS) is 11.9. The summed E-state index contributed by atoms with van der Waals surface area (Å²) in [5.74, 6) is -1.87. The van der Waals surface area contributed by atoms with Crippen molar-refractivity contribution in [1.82, 2.24) is 0 Å². The van der Waals surface area contributed by atoms with Crippen LogP contribution in [0.4, 0.5) is 30.2 Å². The predicted molar refractivity (Wildman–Crippen MR) is 189 cm³/mol. The summed E-state index contributed by atoms with van der Waals surface area (Å²) in [6, 6.07) is 25.8. The molecule has 250 valence electrons. The number of hydrogen-bond donors (Lipinski definition) is 0. The number of anilines is 1. The van der Waals surface area contributed by atoms with Crippen LogP contribution in [0.1, 0.15) is 101 Å². The van der Waals surface area contributed by atoms with E-state index < -0.39 is 17.5 Å². The maximum atomic E-state index is 12.9. The van der Waals surface area contributed by atoms with E-state index in [1.54, 1.807) is 0 Å². The second-order valence-corrected chi connectivity index (χ2v) is 12.3. The van der Waals surface area contributed by atoms with E-state index in [9.17, 15) is 18.0 Å². The Hall–Kier alpha value is -4.00. The second kappa shape index (κ2) is 18.4. The van der Waals surface area contributed by atoms with Gasteiger partial charge in [-0.25, -0.2) is 0 Å². The van der Waals surface area contributed by atoms with Crippen LogP contribution < -0.4 is 4.90 Å². The number of carbonyl (C=O) groups is 1. The number of nitrogens with zero attached hydrogens (tertiary/aromatic N) is 3. The van der Waals surface area contributed by atoms with Gasteiger partial charge < -0.3 is 4.90 Å². The lowest BCUT2D eigenvalue weighted by Crippen LogP contribution is -2.26. The van der Waals surface area contributed by atoms with Gasteiger partial charge in [-0.05, 0) is 60.0 Å².